The van der Waals surface area contributed by atoms with E-state index in [0.29, 0.717) is 19.8 Å². The maximum absolute atomic E-state index is 6.01. The molecule has 162 valence electrons. The molecule has 0 fully saturated rings. The summed E-state index contributed by atoms with van der Waals surface area (Å²) in [5.41, 5.74) is 3.38. The van der Waals surface area contributed by atoms with Crippen molar-refractivity contribution in [1.29, 1.82) is 0 Å². The molecule has 2 aromatic rings. The number of rotatable bonds is 13. The molecule has 0 heterocycles. The van der Waals surface area contributed by atoms with Crippen LogP contribution in [0.3, 0.4) is 0 Å². The molecule has 0 amide bonds. The maximum Gasteiger partial charge on any atom is 0.125 e. The van der Waals surface area contributed by atoms with Gasteiger partial charge in [0.1, 0.15) is 31.0 Å². The second kappa shape index (κ2) is 13.3. The van der Waals surface area contributed by atoms with Crippen LogP contribution < -0.4 is 14.2 Å². The first-order chi connectivity index (χ1) is 14.6. The normalized spacial score (nSPS) is 11.2. The number of hydrogen-bond acceptors (Lipinski definition) is 5. The highest BCUT2D eigenvalue weighted by Gasteiger charge is 2.07. The third-order valence-electron chi connectivity index (χ3n) is 4.46. The minimum atomic E-state index is 0.578. The topological polar surface area (TPSA) is 49.3 Å². The summed E-state index contributed by atoms with van der Waals surface area (Å²) in [6.07, 6.45) is 8.29. The fourth-order valence-electron chi connectivity index (χ4n) is 3.03. The zero-order chi connectivity index (χ0) is 21.6. The number of benzene rings is 2. The fraction of sp³-hybridized carbons (Fsp3) is 0.400. The Morgan fingerprint density at radius 2 is 1.70 bits per heavy atom. The molecule has 0 unspecified atom stereocenters. The minimum Gasteiger partial charge on any atom is -0.493 e. The van der Waals surface area contributed by atoms with Crippen LogP contribution in [0.25, 0.3) is 0 Å². The molecule has 5 heteroatoms. The Morgan fingerprint density at radius 3 is 2.43 bits per heavy atom. The lowest BCUT2D eigenvalue weighted by molar-refractivity contribution is 0.214. The SMILES string of the molecule is C/C=C/COc1cc(C)c(OCCCOc2cccc(CCC=NOC)c2)c(C)c1. The molecule has 0 saturated heterocycles. The van der Waals surface area contributed by atoms with Crippen molar-refractivity contribution in [3.05, 3.63) is 65.2 Å². The Labute approximate surface area is 180 Å². The fourth-order valence-corrected chi connectivity index (χ4v) is 3.03. The van der Waals surface area contributed by atoms with E-state index in [1.165, 1.54) is 5.56 Å². The van der Waals surface area contributed by atoms with Gasteiger partial charge in [0.15, 0.2) is 0 Å². The molecule has 0 aliphatic heterocycles. The molecule has 0 aliphatic rings. The number of hydrogen-bond donors (Lipinski definition) is 0. The first-order valence-corrected chi connectivity index (χ1v) is 10.4. The molecule has 0 saturated carbocycles. The quantitative estimate of drug-likeness (QED) is 0.184. The first kappa shape index (κ1) is 23.3. The summed E-state index contributed by atoms with van der Waals surface area (Å²) in [5, 5.41) is 3.76. The molecule has 0 spiro atoms. The lowest BCUT2D eigenvalue weighted by Gasteiger charge is -2.14. The molecule has 30 heavy (non-hydrogen) atoms. The van der Waals surface area contributed by atoms with Crippen molar-refractivity contribution in [2.45, 2.75) is 40.0 Å². The van der Waals surface area contributed by atoms with Gasteiger partial charge in [-0.3, -0.25) is 0 Å². The summed E-state index contributed by atoms with van der Waals surface area (Å²) in [7, 11) is 1.55. The van der Waals surface area contributed by atoms with Crippen molar-refractivity contribution in [3.63, 3.8) is 0 Å². The second-order valence-corrected chi connectivity index (χ2v) is 6.97. The zero-order valence-electron chi connectivity index (χ0n) is 18.5. The monoisotopic (exact) mass is 411 g/mol. The van der Waals surface area contributed by atoms with Gasteiger partial charge in [-0.25, -0.2) is 0 Å². The highest BCUT2D eigenvalue weighted by atomic mass is 16.6. The van der Waals surface area contributed by atoms with Crippen LogP contribution in [0.15, 0.2) is 53.7 Å². The van der Waals surface area contributed by atoms with Crippen molar-refractivity contribution in [3.8, 4) is 17.2 Å². The van der Waals surface area contributed by atoms with E-state index in [2.05, 4.69) is 22.1 Å². The molecule has 0 bridgehead atoms. The third kappa shape index (κ3) is 8.19. The van der Waals surface area contributed by atoms with Gasteiger partial charge in [0.2, 0.25) is 0 Å². The van der Waals surface area contributed by atoms with E-state index in [9.17, 15) is 0 Å². The minimum absolute atomic E-state index is 0.578. The van der Waals surface area contributed by atoms with Crippen LogP contribution in [0.2, 0.25) is 0 Å². The Hall–Kier alpha value is -2.95. The van der Waals surface area contributed by atoms with E-state index in [0.717, 1.165) is 47.6 Å². The Bertz CT molecular complexity index is 807. The molecule has 0 radical (unpaired) electrons. The van der Waals surface area contributed by atoms with Gasteiger partial charge in [-0.05, 0) is 74.6 Å². The molecule has 2 aromatic carbocycles. The average molecular weight is 412 g/mol. The van der Waals surface area contributed by atoms with Gasteiger partial charge >= 0.3 is 0 Å². The van der Waals surface area contributed by atoms with E-state index >= 15 is 0 Å². The van der Waals surface area contributed by atoms with Crippen LogP contribution in [0.5, 0.6) is 17.2 Å². The van der Waals surface area contributed by atoms with E-state index in [1.807, 2.05) is 57.2 Å². The number of ether oxygens (including phenoxy) is 3. The number of nitrogens with zero attached hydrogens (tertiary/aromatic N) is 1. The molecule has 0 aliphatic carbocycles. The van der Waals surface area contributed by atoms with E-state index in [4.69, 9.17) is 14.2 Å². The molecular formula is C25H33NO4. The van der Waals surface area contributed by atoms with Crippen molar-refractivity contribution >= 4 is 6.21 Å². The van der Waals surface area contributed by atoms with Gasteiger partial charge in [0, 0.05) is 12.6 Å². The largest absolute Gasteiger partial charge is 0.493 e. The molecule has 5 nitrogen and oxygen atoms in total. The Morgan fingerprint density at radius 1 is 0.933 bits per heavy atom. The van der Waals surface area contributed by atoms with Gasteiger partial charge in [0.25, 0.3) is 0 Å². The van der Waals surface area contributed by atoms with Crippen molar-refractivity contribution in [1.82, 2.24) is 0 Å². The van der Waals surface area contributed by atoms with Gasteiger partial charge in [-0.15, -0.1) is 0 Å². The molecule has 0 aromatic heterocycles. The van der Waals surface area contributed by atoms with Crippen molar-refractivity contribution in [2.75, 3.05) is 26.9 Å². The predicted octanol–water partition coefficient (Wildman–Crippen LogP) is 5.67. The maximum atomic E-state index is 6.01. The summed E-state index contributed by atoms with van der Waals surface area (Å²) in [5.74, 6) is 2.67. The Balaban J connectivity index is 1.75. The van der Waals surface area contributed by atoms with Crippen molar-refractivity contribution in [2.24, 2.45) is 5.16 Å². The number of aryl methyl sites for hydroxylation is 3. The van der Waals surface area contributed by atoms with Gasteiger partial charge in [-0.2, -0.15) is 0 Å². The van der Waals surface area contributed by atoms with Gasteiger partial charge in [-0.1, -0.05) is 29.4 Å². The third-order valence-corrected chi connectivity index (χ3v) is 4.46. The van der Waals surface area contributed by atoms with E-state index in [-0.39, 0.29) is 0 Å². The second-order valence-electron chi connectivity index (χ2n) is 6.97. The van der Waals surface area contributed by atoms with E-state index < -0.39 is 0 Å². The average Bonchev–Trinajstić information content (AvgIpc) is 2.73. The molecule has 2 rings (SSSR count). The standard InChI is InChI=1S/C25H33NO4/c1-5-6-14-29-24-17-20(2)25(21(3)18-24)30-16-9-15-28-23-12-7-10-22(19-23)11-8-13-26-27-4/h5-7,10,12-13,17-19H,8-9,11,14-16H2,1-4H3/b6-5+,26-13?. The molecule has 0 atom stereocenters. The van der Waals surface area contributed by atoms with Crippen LogP contribution in [0, 0.1) is 13.8 Å². The summed E-state index contributed by atoms with van der Waals surface area (Å²) >= 11 is 0. The van der Waals surface area contributed by atoms with Crippen LogP contribution >= 0.6 is 0 Å². The zero-order valence-corrected chi connectivity index (χ0v) is 18.5. The summed E-state index contributed by atoms with van der Waals surface area (Å²) in [6, 6.07) is 12.2. The number of allylic oxidation sites excluding steroid dienone is 1. The summed E-state index contributed by atoms with van der Waals surface area (Å²) < 4.78 is 17.6. The van der Waals surface area contributed by atoms with E-state index in [1.54, 1.807) is 13.3 Å². The number of oxime groups is 1. The Kier molecular flexibility index (Phi) is 10.3. The smallest absolute Gasteiger partial charge is 0.125 e. The molecule has 0 N–H and O–H groups in total. The lowest BCUT2D eigenvalue weighted by atomic mass is 10.1. The lowest BCUT2D eigenvalue weighted by Crippen LogP contribution is -2.07. The summed E-state index contributed by atoms with van der Waals surface area (Å²) in [6.45, 7) is 7.87. The predicted molar refractivity (Wildman–Crippen MR) is 122 cm³/mol. The highest BCUT2D eigenvalue weighted by molar-refractivity contribution is 5.56. The van der Waals surface area contributed by atoms with Crippen LogP contribution in [-0.2, 0) is 11.3 Å². The first-order valence-electron chi connectivity index (χ1n) is 10.4. The highest BCUT2D eigenvalue weighted by Crippen LogP contribution is 2.28. The van der Waals surface area contributed by atoms with Gasteiger partial charge in [0.05, 0.1) is 13.2 Å². The van der Waals surface area contributed by atoms with Crippen LogP contribution in [-0.4, -0.2) is 33.1 Å². The van der Waals surface area contributed by atoms with Crippen LogP contribution in [0.4, 0.5) is 0 Å². The van der Waals surface area contributed by atoms with Crippen LogP contribution in [0.1, 0.15) is 36.5 Å². The molecular weight excluding hydrogens is 378 g/mol. The van der Waals surface area contributed by atoms with Crippen molar-refractivity contribution < 1.29 is 19.0 Å². The summed E-state index contributed by atoms with van der Waals surface area (Å²) in [4.78, 5) is 4.68. The van der Waals surface area contributed by atoms with Gasteiger partial charge < -0.3 is 19.0 Å².